The molecule has 88 valence electrons. The van der Waals surface area contributed by atoms with E-state index in [2.05, 4.69) is 9.72 Å². The zero-order valence-electron chi connectivity index (χ0n) is 7.46. The van der Waals surface area contributed by atoms with E-state index in [4.69, 9.17) is 0 Å². The van der Waals surface area contributed by atoms with E-state index < -0.39 is 27.2 Å². The summed E-state index contributed by atoms with van der Waals surface area (Å²) in [7, 11) is -6.06. The van der Waals surface area contributed by atoms with Gasteiger partial charge in [0, 0.05) is 6.20 Å². The summed E-state index contributed by atoms with van der Waals surface area (Å²) >= 11 is 0. The zero-order valence-corrected chi connectivity index (χ0v) is 8.28. The molecular formula is C7H4F2NO5S-. The van der Waals surface area contributed by atoms with E-state index in [0.29, 0.717) is 0 Å². The van der Waals surface area contributed by atoms with Crippen LogP contribution in [0.1, 0.15) is 10.5 Å². The number of carbonyl (C=O) groups excluding carboxylic acids is 1. The van der Waals surface area contributed by atoms with E-state index in [1.54, 1.807) is 0 Å². The Labute approximate surface area is 88.6 Å². The summed E-state index contributed by atoms with van der Waals surface area (Å²) in [6.45, 7) is 0. The molecule has 0 aromatic carbocycles. The fourth-order valence-corrected chi connectivity index (χ4v) is 0.872. The summed E-state index contributed by atoms with van der Waals surface area (Å²) in [5.41, 5.74) is -5.65. The third-order valence-corrected chi connectivity index (χ3v) is 2.04. The molecule has 16 heavy (non-hydrogen) atoms. The number of hydrogen-bond acceptors (Lipinski definition) is 6. The van der Waals surface area contributed by atoms with E-state index in [9.17, 15) is 26.5 Å². The van der Waals surface area contributed by atoms with Crippen LogP contribution < -0.4 is 0 Å². The lowest BCUT2D eigenvalue weighted by Gasteiger charge is -2.18. The first-order valence-corrected chi connectivity index (χ1v) is 5.12. The number of alkyl halides is 2. The van der Waals surface area contributed by atoms with Crippen molar-refractivity contribution >= 4 is 16.1 Å². The number of rotatable bonds is 3. The fraction of sp³-hybridized carbons (Fsp3) is 0.143. The van der Waals surface area contributed by atoms with E-state index >= 15 is 0 Å². The molecule has 0 saturated carbocycles. The normalized spacial score (nSPS) is 12.2. The lowest BCUT2D eigenvalue weighted by molar-refractivity contribution is -0.136. The number of halogens is 2. The summed E-state index contributed by atoms with van der Waals surface area (Å²) in [6.07, 6.45) is 1.11. The molecule has 6 nitrogen and oxygen atoms in total. The predicted octanol–water partition coefficient (Wildman–Crippen LogP) is 0.334. The Morgan fingerprint density at radius 3 is 2.50 bits per heavy atom. The molecule has 0 unspecified atom stereocenters. The minimum atomic E-state index is -6.06. The van der Waals surface area contributed by atoms with Gasteiger partial charge in [0.15, 0.2) is 0 Å². The van der Waals surface area contributed by atoms with Gasteiger partial charge in [-0.25, -0.2) is 18.2 Å². The molecule has 1 aromatic heterocycles. The summed E-state index contributed by atoms with van der Waals surface area (Å²) in [4.78, 5) is 14.3. The third-order valence-electron chi connectivity index (χ3n) is 1.38. The van der Waals surface area contributed by atoms with Crippen molar-refractivity contribution in [2.45, 2.75) is 5.44 Å². The van der Waals surface area contributed by atoms with Crippen molar-refractivity contribution < 1.29 is 31.3 Å². The molecule has 0 fully saturated rings. The lowest BCUT2D eigenvalue weighted by Crippen LogP contribution is -2.34. The van der Waals surface area contributed by atoms with E-state index in [1.807, 2.05) is 0 Å². The van der Waals surface area contributed by atoms with E-state index in [0.717, 1.165) is 12.3 Å². The van der Waals surface area contributed by atoms with Gasteiger partial charge in [-0.3, -0.25) is 0 Å². The molecule has 1 heterocycles. The monoisotopic (exact) mass is 252 g/mol. The summed E-state index contributed by atoms with van der Waals surface area (Å²) in [6, 6.07) is 3.72. The first-order valence-electron chi connectivity index (χ1n) is 3.71. The highest BCUT2D eigenvalue weighted by atomic mass is 32.2. The maximum atomic E-state index is 12.5. The van der Waals surface area contributed by atoms with Gasteiger partial charge in [0.25, 0.3) is 0 Å². The van der Waals surface area contributed by atoms with Crippen molar-refractivity contribution in [2.75, 3.05) is 0 Å². The lowest BCUT2D eigenvalue weighted by atomic mass is 10.4. The van der Waals surface area contributed by atoms with Gasteiger partial charge < -0.3 is 9.29 Å². The molecule has 1 aromatic rings. The molecule has 0 saturated heterocycles. The number of hydrogen-bond donors (Lipinski definition) is 0. The molecule has 0 aliphatic heterocycles. The van der Waals surface area contributed by atoms with Crippen LogP contribution in [0.2, 0.25) is 0 Å². The molecule has 0 atom stereocenters. The topological polar surface area (TPSA) is 96.4 Å². The van der Waals surface area contributed by atoms with E-state index in [-0.39, 0.29) is 0 Å². The highest BCUT2D eigenvalue weighted by Gasteiger charge is 2.43. The number of carbonyl (C=O) groups is 1. The fourth-order valence-electron chi connectivity index (χ4n) is 0.695. The number of nitrogens with zero attached hydrogens (tertiary/aromatic N) is 1. The molecule has 0 bridgehead atoms. The molecule has 0 amide bonds. The second-order valence-corrected chi connectivity index (χ2v) is 3.91. The zero-order chi connectivity index (χ0) is 12.4. The van der Waals surface area contributed by atoms with Crippen LogP contribution in [0.5, 0.6) is 0 Å². The summed E-state index contributed by atoms with van der Waals surface area (Å²) in [5.74, 6) is -1.70. The Balaban J connectivity index is 2.89. The minimum Gasteiger partial charge on any atom is -0.740 e. The van der Waals surface area contributed by atoms with Crippen LogP contribution in [0.4, 0.5) is 8.78 Å². The maximum Gasteiger partial charge on any atom is 0.499 e. The first kappa shape index (κ1) is 12.5. The van der Waals surface area contributed by atoms with Gasteiger partial charge in [-0.05, 0) is 12.1 Å². The Morgan fingerprint density at radius 2 is 2.06 bits per heavy atom. The Hall–Kier alpha value is -1.61. The van der Waals surface area contributed by atoms with E-state index in [1.165, 1.54) is 12.1 Å². The molecule has 0 radical (unpaired) electrons. The number of pyridine rings is 1. The van der Waals surface area contributed by atoms with Crippen LogP contribution in [0, 0.1) is 0 Å². The molecule has 0 aliphatic carbocycles. The largest absolute Gasteiger partial charge is 0.740 e. The van der Waals surface area contributed by atoms with Crippen molar-refractivity contribution in [1.29, 1.82) is 0 Å². The average Bonchev–Trinajstić information content (AvgIpc) is 2.16. The van der Waals surface area contributed by atoms with Crippen molar-refractivity contribution in [3.05, 3.63) is 30.1 Å². The van der Waals surface area contributed by atoms with Gasteiger partial charge >= 0.3 is 11.4 Å². The smallest absolute Gasteiger partial charge is 0.499 e. The van der Waals surface area contributed by atoms with Gasteiger partial charge in [0.1, 0.15) is 5.69 Å². The number of esters is 1. The average molecular weight is 252 g/mol. The van der Waals surface area contributed by atoms with Crippen molar-refractivity contribution in [1.82, 2.24) is 4.98 Å². The van der Waals surface area contributed by atoms with Crippen LogP contribution in [-0.2, 0) is 14.9 Å². The maximum absolute atomic E-state index is 12.5. The molecule has 0 aliphatic rings. The molecule has 0 N–H and O–H groups in total. The second-order valence-electron chi connectivity index (χ2n) is 2.52. The highest BCUT2D eigenvalue weighted by Crippen LogP contribution is 2.22. The predicted molar refractivity (Wildman–Crippen MR) is 44.3 cm³/mol. The van der Waals surface area contributed by atoms with Crippen molar-refractivity contribution in [3.63, 3.8) is 0 Å². The molecular weight excluding hydrogens is 248 g/mol. The van der Waals surface area contributed by atoms with Crippen molar-refractivity contribution in [2.24, 2.45) is 0 Å². The van der Waals surface area contributed by atoms with Gasteiger partial charge in [0.05, 0.1) is 0 Å². The van der Waals surface area contributed by atoms with Crippen LogP contribution in [0.15, 0.2) is 24.4 Å². The quantitative estimate of drug-likeness (QED) is 0.568. The number of aromatic nitrogens is 1. The van der Waals surface area contributed by atoms with Crippen LogP contribution in [0.3, 0.4) is 0 Å². The molecule has 1 rings (SSSR count). The highest BCUT2D eigenvalue weighted by molar-refractivity contribution is 7.86. The van der Waals surface area contributed by atoms with Crippen LogP contribution in [0.25, 0.3) is 0 Å². The second kappa shape index (κ2) is 4.10. The van der Waals surface area contributed by atoms with Crippen LogP contribution in [-0.4, -0.2) is 29.4 Å². The Morgan fingerprint density at radius 1 is 1.44 bits per heavy atom. The third kappa shape index (κ3) is 2.70. The van der Waals surface area contributed by atoms with Gasteiger partial charge in [-0.2, -0.15) is 8.78 Å². The SMILES string of the molecule is O=C(OC(F)(F)S(=O)(=O)[O-])c1ccccn1. The Kier molecular flexibility index (Phi) is 3.19. The number of ether oxygens (including phenoxy) is 1. The summed E-state index contributed by atoms with van der Waals surface area (Å²) in [5, 5.41) is 0. The Bertz CT molecular complexity index is 487. The van der Waals surface area contributed by atoms with Gasteiger partial charge in [-0.15, -0.1) is 0 Å². The molecule has 9 heteroatoms. The van der Waals surface area contributed by atoms with Crippen molar-refractivity contribution in [3.8, 4) is 0 Å². The minimum absolute atomic E-state index is 0.536. The van der Waals surface area contributed by atoms with Gasteiger partial charge in [0.2, 0.25) is 10.1 Å². The standard InChI is InChI=1S/C7H5F2NO5S/c8-7(9,16(12,13)14)15-6(11)5-3-1-2-4-10-5/h1-4H,(H,12,13,14)/p-1. The molecule has 0 spiro atoms. The van der Waals surface area contributed by atoms with Crippen LogP contribution >= 0.6 is 0 Å². The van der Waals surface area contributed by atoms with Gasteiger partial charge in [-0.1, -0.05) is 6.07 Å². The summed E-state index contributed by atoms with van der Waals surface area (Å²) < 4.78 is 58.3. The first-order chi connectivity index (χ1) is 7.24.